The molecular formula is C13H16BrNO. The maximum Gasteiger partial charge on any atom is 0.152 e. The zero-order valence-corrected chi connectivity index (χ0v) is 11.2. The molecule has 1 aromatic carbocycles. The molecule has 1 aromatic rings. The predicted octanol–water partition coefficient (Wildman–Crippen LogP) is 3.50. The second-order valence-electron chi connectivity index (χ2n) is 4.51. The fraction of sp³-hybridized carbons (Fsp3) is 0.462. The molecule has 0 amide bonds. The third kappa shape index (κ3) is 2.29. The van der Waals surface area contributed by atoms with Crippen LogP contribution in [0.4, 0.5) is 5.69 Å². The Bertz CT molecular complexity index is 401. The minimum atomic E-state index is 0.507. The first-order valence-corrected chi connectivity index (χ1v) is 6.40. The summed E-state index contributed by atoms with van der Waals surface area (Å²) in [6.07, 6.45) is 3.56. The molecule has 0 saturated heterocycles. The van der Waals surface area contributed by atoms with Gasteiger partial charge in [0.15, 0.2) is 6.29 Å². The zero-order chi connectivity index (χ0) is 11.7. The molecule has 1 fully saturated rings. The van der Waals surface area contributed by atoms with Crippen molar-refractivity contribution in [1.29, 1.82) is 0 Å². The van der Waals surface area contributed by atoms with E-state index in [1.54, 1.807) is 0 Å². The summed E-state index contributed by atoms with van der Waals surface area (Å²) in [6, 6.07) is 6.29. The number of hydrogen-bond acceptors (Lipinski definition) is 2. The van der Waals surface area contributed by atoms with Crippen LogP contribution < -0.4 is 4.90 Å². The Morgan fingerprint density at radius 1 is 1.50 bits per heavy atom. The topological polar surface area (TPSA) is 20.3 Å². The monoisotopic (exact) mass is 281 g/mol. The Labute approximate surface area is 105 Å². The molecule has 1 saturated carbocycles. The van der Waals surface area contributed by atoms with Crippen molar-refractivity contribution in [1.82, 2.24) is 0 Å². The molecule has 0 aromatic heterocycles. The van der Waals surface area contributed by atoms with Crippen molar-refractivity contribution in [3.63, 3.8) is 0 Å². The van der Waals surface area contributed by atoms with Gasteiger partial charge in [0.2, 0.25) is 0 Å². The van der Waals surface area contributed by atoms with Crippen molar-refractivity contribution in [2.24, 2.45) is 5.92 Å². The predicted molar refractivity (Wildman–Crippen MR) is 70.1 cm³/mol. The maximum atomic E-state index is 11.0. The van der Waals surface area contributed by atoms with E-state index in [1.165, 1.54) is 12.8 Å². The lowest BCUT2D eigenvalue weighted by molar-refractivity contribution is 0.112. The number of benzene rings is 1. The minimum absolute atomic E-state index is 0.507. The molecule has 0 N–H and O–H groups in total. The fourth-order valence-corrected chi connectivity index (χ4v) is 2.39. The zero-order valence-electron chi connectivity index (χ0n) is 9.61. The molecule has 86 valence electrons. The van der Waals surface area contributed by atoms with Crippen LogP contribution in [0.5, 0.6) is 0 Å². The Hall–Kier alpha value is -0.830. The lowest BCUT2D eigenvalue weighted by Gasteiger charge is -2.28. The highest BCUT2D eigenvalue weighted by atomic mass is 79.9. The Morgan fingerprint density at radius 3 is 2.75 bits per heavy atom. The molecule has 1 aliphatic carbocycles. The van der Waals surface area contributed by atoms with E-state index in [0.29, 0.717) is 6.04 Å². The number of aldehydes is 1. The normalized spacial score (nSPS) is 16.9. The Balaban J connectivity index is 2.29. The van der Waals surface area contributed by atoms with Crippen molar-refractivity contribution in [2.75, 3.05) is 11.9 Å². The van der Waals surface area contributed by atoms with E-state index in [-0.39, 0.29) is 0 Å². The van der Waals surface area contributed by atoms with Crippen LogP contribution >= 0.6 is 15.9 Å². The summed E-state index contributed by atoms with van der Waals surface area (Å²) in [6.45, 7) is 2.23. The molecule has 0 heterocycles. The number of anilines is 1. The highest BCUT2D eigenvalue weighted by Gasteiger charge is 2.31. The average Bonchev–Trinajstić information content (AvgIpc) is 3.11. The van der Waals surface area contributed by atoms with Gasteiger partial charge in [-0.15, -0.1) is 0 Å². The van der Waals surface area contributed by atoms with E-state index in [4.69, 9.17) is 0 Å². The quantitative estimate of drug-likeness (QED) is 0.788. The molecule has 1 unspecified atom stereocenters. The number of carbonyl (C=O) groups excluding carboxylic acids is 1. The molecule has 0 spiro atoms. The second-order valence-corrected chi connectivity index (χ2v) is 5.43. The number of carbonyl (C=O) groups is 1. The highest BCUT2D eigenvalue weighted by molar-refractivity contribution is 9.10. The number of nitrogens with zero attached hydrogens (tertiary/aromatic N) is 1. The third-order valence-electron chi connectivity index (χ3n) is 3.41. The van der Waals surface area contributed by atoms with Crippen LogP contribution in [0.1, 0.15) is 30.1 Å². The molecule has 16 heavy (non-hydrogen) atoms. The van der Waals surface area contributed by atoms with Crippen LogP contribution in [0.15, 0.2) is 22.7 Å². The summed E-state index contributed by atoms with van der Waals surface area (Å²) >= 11 is 3.45. The van der Waals surface area contributed by atoms with Crippen molar-refractivity contribution < 1.29 is 4.79 Å². The van der Waals surface area contributed by atoms with Gasteiger partial charge in [-0.3, -0.25) is 4.79 Å². The van der Waals surface area contributed by atoms with E-state index < -0.39 is 0 Å². The van der Waals surface area contributed by atoms with Gasteiger partial charge in [0.1, 0.15) is 0 Å². The standard InChI is InChI=1S/C13H16BrNO/c1-9(10-3-4-10)15(2)13-7-12(14)6-5-11(13)8-16/h5-10H,3-4H2,1-2H3. The summed E-state index contributed by atoms with van der Waals surface area (Å²) in [5.74, 6) is 0.795. The molecule has 3 heteroatoms. The van der Waals surface area contributed by atoms with E-state index in [1.807, 2.05) is 18.2 Å². The number of halogens is 1. The van der Waals surface area contributed by atoms with E-state index in [9.17, 15) is 4.79 Å². The van der Waals surface area contributed by atoms with E-state index in [0.717, 1.165) is 27.9 Å². The lowest BCUT2D eigenvalue weighted by atomic mass is 10.1. The van der Waals surface area contributed by atoms with E-state index >= 15 is 0 Å². The smallest absolute Gasteiger partial charge is 0.152 e. The molecule has 0 aliphatic heterocycles. The van der Waals surface area contributed by atoms with Gasteiger partial charge in [0, 0.05) is 28.8 Å². The fourth-order valence-electron chi connectivity index (χ4n) is 2.04. The summed E-state index contributed by atoms with van der Waals surface area (Å²) in [7, 11) is 2.07. The van der Waals surface area contributed by atoms with Crippen LogP contribution in [0, 0.1) is 5.92 Å². The van der Waals surface area contributed by atoms with Crippen LogP contribution in [-0.4, -0.2) is 19.4 Å². The SMILES string of the molecule is CC(C1CC1)N(C)c1cc(Br)ccc1C=O. The molecule has 1 aliphatic rings. The first kappa shape index (κ1) is 11.6. The van der Waals surface area contributed by atoms with Gasteiger partial charge in [0.05, 0.1) is 0 Å². The number of rotatable bonds is 4. The lowest BCUT2D eigenvalue weighted by Crippen LogP contribution is -2.31. The van der Waals surface area contributed by atoms with Crippen molar-refractivity contribution in [3.8, 4) is 0 Å². The summed E-state index contributed by atoms with van der Waals surface area (Å²) in [5, 5.41) is 0. The van der Waals surface area contributed by atoms with Gasteiger partial charge in [0.25, 0.3) is 0 Å². The third-order valence-corrected chi connectivity index (χ3v) is 3.91. The minimum Gasteiger partial charge on any atom is -0.371 e. The van der Waals surface area contributed by atoms with Crippen LogP contribution in [0.25, 0.3) is 0 Å². The number of hydrogen-bond donors (Lipinski definition) is 0. The van der Waals surface area contributed by atoms with Gasteiger partial charge < -0.3 is 4.90 Å². The molecule has 2 nitrogen and oxygen atoms in total. The molecule has 0 radical (unpaired) electrons. The van der Waals surface area contributed by atoms with Crippen molar-refractivity contribution >= 4 is 27.9 Å². The average molecular weight is 282 g/mol. The Kier molecular flexibility index (Phi) is 3.33. The van der Waals surface area contributed by atoms with Gasteiger partial charge in [-0.05, 0) is 43.9 Å². The van der Waals surface area contributed by atoms with Crippen LogP contribution in [0.2, 0.25) is 0 Å². The Morgan fingerprint density at radius 2 is 2.19 bits per heavy atom. The molecular weight excluding hydrogens is 266 g/mol. The van der Waals surface area contributed by atoms with Gasteiger partial charge in [-0.2, -0.15) is 0 Å². The van der Waals surface area contributed by atoms with E-state index in [2.05, 4.69) is 34.8 Å². The highest BCUT2D eigenvalue weighted by Crippen LogP contribution is 2.37. The molecule has 2 rings (SSSR count). The summed E-state index contributed by atoms with van der Waals surface area (Å²) in [4.78, 5) is 13.2. The van der Waals surface area contributed by atoms with Gasteiger partial charge in [-0.1, -0.05) is 15.9 Å². The molecule has 0 bridgehead atoms. The van der Waals surface area contributed by atoms with Crippen molar-refractivity contribution in [3.05, 3.63) is 28.2 Å². The summed E-state index contributed by atoms with van der Waals surface area (Å²) in [5.41, 5.74) is 1.78. The van der Waals surface area contributed by atoms with Crippen molar-refractivity contribution in [2.45, 2.75) is 25.8 Å². The molecule has 1 atom stereocenters. The first-order chi connectivity index (χ1) is 7.63. The van der Waals surface area contributed by atoms with Gasteiger partial charge in [-0.25, -0.2) is 0 Å². The summed E-state index contributed by atoms with van der Waals surface area (Å²) < 4.78 is 1.02. The first-order valence-electron chi connectivity index (χ1n) is 5.61. The van der Waals surface area contributed by atoms with Crippen LogP contribution in [0.3, 0.4) is 0 Å². The second kappa shape index (κ2) is 4.58. The van der Waals surface area contributed by atoms with Crippen LogP contribution in [-0.2, 0) is 0 Å². The van der Waals surface area contributed by atoms with Gasteiger partial charge >= 0.3 is 0 Å². The largest absolute Gasteiger partial charge is 0.371 e. The maximum absolute atomic E-state index is 11.0.